The summed E-state index contributed by atoms with van der Waals surface area (Å²) in [6.45, 7) is 0. The fourth-order valence-electron chi connectivity index (χ4n) is 8.71. The van der Waals surface area contributed by atoms with Crippen molar-refractivity contribution in [1.29, 1.82) is 0 Å². The van der Waals surface area contributed by atoms with Crippen molar-refractivity contribution in [2.24, 2.45) is 22.7 Å². The van der Waals surface area contributed by atoms with E-state index < -0.39 is 0 Å². The van der Waals surface area contributed by atoms with Gasteiger partial charge in [-0.2, -0.15) is 0 Å². The molecule has 0 bridgehead atoms. The van der Waals surface area contributed by atoms with Gasteiger partial charge in [-0.05, 0) is 122 Å². The third-order valence-electron chi connectivity index (χ3n) is 11.3. The van der Waals surface area contributed by atoms with Crippen molar-refractivity contribution in [2.45, 2.75) is 69.7 Å². The van der Waals surface area contributed by atoms with Gasteiger partial charge in [0.25, 0.3) is 0 Å². The molecule has 47 heavy (non-hydrogen) atoms. The van der Waals surface area contributed by atoms with Crippen LogP contribution in [0.25, 0.3) is 28.7 Å². The number of benzene rings is 2. The highest BCUT2D eigenvalue weighted by atomic mass is 16.3. The van der Waals surface area contributed by atoms with E-state index in [4.69, 9.17) is 9.41 Å². The van der Waals surface area contributed by atoms with Crippen LogP contribution in [0.15, 0.2) is 112 Å². The standard InChI is InChI=1S/C43H41N3O/c1-3-8-28(9-4-1)40-24-35(25-41(46-40)29-10-5-2-6-11-29)31-13-15-37-38-23-30(14-16-42(38)47-43(37)26-31)33-20-34(32-12-7-18-44-27-32)22-36(21-33)39-17-19-45-39/h1,3-4,7-10,12,14-20,23,26-27,31,33,35-36,40H,2,5-6,11,13,21-22,24-25H2/p+1. The predicted octanol–water partition coefficient (Wildman–Crippen LogP) is 7.13. The number of nitrogens with one attached hydrogen (secondary N) is 1. The molecule has 0 saturated heterocycles. The quantitative estimate of drug-likeness (QED) is 0.251. The molecule has 4 heterocycles. The van der Waals surface area contributed by atoms with Gasteiger partial charge in [-0.25, -0.2) is 4.99 Å². The van der Waals surface area contributed by atoms with Gasteiger partial charge in [0.05, 0.1) is 12.1 Å². The van der Waals surface area contributed by atoms with E-state index in [1.54, 1.807) is 0 Å². The lowest BCUT2D eigenvalue weighted by atomic mass is 9.75. The number of allylic oxidation sites excluding steroid dienone is 6. The van der Waals surface area contributed by atoms with E-state index in [0.717, 1.165) is 43.1 Å². The lowest BCUT2D eigenvalue weighted by Crippen LogP contribution is -2.73. The van der Waals surface area contributed by atoms with Gasteiger partial charge in [0.1, 0.15) is 11.0 Å². The van der Waals surface area contributed by atoms with Crippen LogP contribution in [0.5, 0.6) is 0 Å². The molecule has 4 aromatic rings. The van der Waals surface area contributed by atoms with Crippen LogP contribution in [0.4, 0.5) is 0 Å². The molecule has 4 heteroatoms. The summed E-state index contributed by atoms with van der Waals surface area (Å²) < 4.78 is 6.61. The lowest BCUT2D eigenvalue weighted by molar-refractivity contribution is -0.414. The van der Waals surface area contributed by atoms with Gasteiger partial charge >= 0.3 is 0 Å². The number of hydrogen-bond donors (Lipinski definition) is 1. The molecular weight excluding hydrogens is 574 g/mol. The first-order valence-electron chi connectivity index (χ1n) is 17.7. The second kappa shape index (κ2) is 12.2. The second-order valence-electron chi connectivity index (χ2n) is 14.2. The SMILES string of the molecule is C1=[NH+]C(C2CC(c3cccnc3)=CC(c3ccc4oc5c(c4c3)=CCC(C3CC(C4=CCCCC4)=NC(c4ccccc4)C3)C=5)C2)=C1. The first-order valence-corrected chi connectivity index (χ1v) is 17.7. The Morgan fingerprint density at radius 1 is 0.851 bits per heavy atom. The van der Waals surface area contributed by atoms with Gasteiger partial charge in [-0.1, -0.05) is 60.7 Å². The van der Waals surface area contributed by atoms with Gasteiger partial charge in [0.2, 0.25) is 0 Å². The van der Waals surface area contributed by atoms with E-state index >= 15 is 0 Å². The molecule has 0 amide bonds. The first-order chi connectivity index (χ1) is 23.2. The molecule has 0 spiro atoms. The number of hydrogen-bond acceptors (Lipinski definition) is 3. The zero-order valence-electron chi connectivity index (χ0n) is 26.9. The van der Waals surface area contributed by atoms with Crippen LogP contribution in [0, 0.1) is 17.8 Å². The number of aliphatic imine (C=N–C) groups is 1. The predicted molar refractivity (Wildman–Crippen MR) is 191 cm³/mol. The van der Waals surface area contributed by atoms with Gasteiger partial charge in [-0.3, -0.25) is 9.98 Å². The summed E-state index contributed by atoms with van der Waals surface area (Å²) in [6, 6.07) is 22.3. The summed E-state index contributed by atoms with van der Waals surface area (Å²) in [5.41, 5.74) is 11.6. The molecule has 234 valence electrons. The van der Waals surface area contributed by atoms with Crippen LogP contribution in [0.1, 0.15) is 86.4 Å². The largest absolute Gasteiger partial charge is 0.456 e. The minimum absolute atomic E-state index is 0.230. The number of rotatable bonds is 6. The van der Waals surface area contributed by atoms with E-state index in [2.05, 4.69) is 95.0 Å². The Morgan fingerprint density at radius 2 is 1.79 bits per heavy atom. The van der Waals surface area contributed by atoms with E-state index in [1.807, 2.05) is 24.7 Å². The van der Waals surface area contributed by atoms with E-state index in [0.29, 0.717) is 23.7 Å². The summed E-state index contributed by atoms with van der Waals surface area (Å²) in [5.74, 6) is 1.82. The third-order valence-corrected chi connectivity index (χ3v) is 11.3. The second-order valence-corrected chi connectivity index (χ2v) is 14.2. The fourth-order valence-corrected chi connectivity index (χ4v) is 8.71. The minimum atomic E-state index is 0.230. The maximum atomic E-state index is 6.61. The third kappa shape index (κ3) is 5.58. The van der Waals surface area contributed by atoms with E-state index in [9.17, 15) is 0 Å². The summed E-state index contributed by atoms with van der Waals surface area (Å²) in [7, 11) is 0. The normalized spacial score (nSPS) is 26.9. The van der Waals surface area contributed by atoms with Crippen molar-refractivity contribution in [3.05, 3.63) is 130 Å². The van der Waals surface area contributed by atoms with Crippen LogP contribution in [0.3, 0.4) is 0 Å². The molecule has 0 fully saturated rings. The molecule has 9 rings (SSSR count). The van der Waals surface area contributed by atoms with Crippen LogP contribution in [-0.4, -0.2) is 16.9 Å². The molecule has 5 aliphatic rings. The first kappa shape index (κ1) is 28.6. The number of furan rings is 1. The van der Waals surface area contributed by atoms with Gasteiger partial charge in [0.15, 0.2) is 11.9 Å². The van der Waals surface area contributed by atoms with Crippen molar-refractivity contribution in [2.75, 3.05) is 0 Å². The Balaban J connectivity index is 1.03. The highest BCUT2D eigenvalue weighted by molar-refractivity contribution is 6.01. The van der Waals surface area contributed by atoms with Crippen LogP contribution in [-0.2, 0) is 0 Å². The van der Waals surface area contributed by atoms with E-state index in [1.165, 1.54) is 75.5 Å². The summed E-state index contributed by atoms with van der Waals surface area (Å²) in [6.07, 6.45) is 28.4. The average molecular weight is 617 g/mol. The van der Waals surface area contributed by atoms with Gasteiger partial charge in [0, 0.05) is 40.5 Å². The summed E-state index contributed by atoms with van der Waals surface area (Å²) in [5, 5.41) is 2.53. The van der Waals surface area contributed by atoms with Crippen molar-refractivity contribution in [1.82, 2.24) is 4.98 Å². The number of aromatic nitrogens is 1. The Bertz CT molecular complexity index is 2100. The van der Waals surface area contributed by atoms with Gasteiger partial charge < -0.3 is 4.42 Å². The monoisotopic (exact) mass is 616 g/mol. The van der Waals surface area contributed by atoms with Crippen molar-refractivity contribution in [3.63, 3.8) is 0 Å². The Labute approximate surface area is 276 Å². The molecule has 5 atom stereocenters. The molecule has 3 aliphatic carbocycles. The van der Waals surface area contributed by atoms with Crippen LogP contribution >= 0.6 is 0 Å². The molecule has 0 radical (unpaired) electrons. The summed E-state index contributed by atoms with van der Waals surface area (Å²) in [4.78, 5) is 13.3. The fraction of sp³-hybridized carbons (Fsp3) is 0.326. The minimum Gasteiger partial charge on any atom is -0.456 e. The molecule has 2 aromatic heterocycles. The molecule has 2 aromatic carbocycles. The summed E-state index contributed by atoms with van der Waals surface area (Å²) >= 11 is 0. The molecule has 2 aliphatic heterocycles. The van der Waals surface area contributed by atoms with Crippen molar-refractivity contribution >= 4 is 40.6 Å². The van der Waals surface area contributed by atoms with Crippen molar-refractivity contribution in [3.8, 4) is 0 Å². The van der Waals surface area contributed by atoms with Gasteiger partial charge in [-0.15, -0.1) is 0 Å². The van der Waals surface area contributed by atoms with E-state index in [-0.39, 0.29) is 6.04 Å². The molecular formula is C43H42N3O+. The maximum absolute atomic E-state index is 6.61. The highest BCUT2D eigenvalue weighted by Gasteiger charge is 2.33. The van der Waals surface area contributed by atoms with Crippen LogP contribution < -0.4 is 15.6 Å². The van der Waals surface area contributed by atoms with Crippen molar-refractivity contribution < 1.29 is 9.41 Å². The average Bonchev–Trinajstić information content (AvgIpc) is 3.49. The lowest BCUT2D eigenvalue weighted by Gasteiger charge is -2.34. The number of nitrogens with zero attached hydrogens (tertiary/aromatic N) is 2. The number of fused-ring (bicyclic) bond motifs is 3. The molecule has 5 unspecified atom stereocenters. The number of pyridine rings is 1. The smallest absolute Gasteiger partial charge is 0.189 e. The topological polar surface area (TPSA) is 52.4 Å². The molecule has 0 saturated carbocycles. The Hall–Kier alpha value is -4.57. The highest BCUT2D eigenvalue weighted by Crippen LogP contribution is 2.42. The molecule has 1 N–H and O–H groups in total. The Morgan fingerprint density at radius 3 is 2.60 bits per heavy atom. The molecule has 4 nitrogen and oxygen atoms in total. The van der Waals surface area contributed by atoms with Crippen LogP contribution in [0.2, 0.25) is 0 Å². The zero-order valence-corrected chi connectivity index (χ0v) is 26.9. The Kier molecular flexibility index (Phi) is 7.45. The maximum Gasteiger partial charge on any atom is 0.189 e. The zero-order chi connectivity index (χ0) is 31.2.